The fourth-order valence-electron chi connectivity index (χ4n) is 3.55. The van der Waals surface area contributed by atoms with Gasteiger partial charge < -0.3 is 19.9 Å². The predicted molar refractivity (Wildman–Crippen MR) is 118 cm³/mol. The van der Waals surface area contributed by atoms with E-state index in [4.69, 9.17) is 37.8 Å². The number of benzene rings is 1. The molecule has 6 nitrogen and oxygen atoms in total. The average molecular weight is 433 g/mol. The van der Waals surface area contributed by atoms with Crippen molar-refractivity contribution in [1.82, 2.24) is 4.90 Å². The summed E-state index contributed by atoms with van der Waals surface area (Å²) in [5.41, 5.74) is 5.32. The minimum atomic E-state index is -3.19. The lowest BCUT2D eigenvalue weighted by Gasteiger charge is -2.47. The molecule has 0 bridgehead atoms. The van der Waals surface area contributed by atoms with E-state index in [-0.39, 0.29) is 11.3 Å². The third-order valence-electron chi connectivity index (χ3n) is 5.26. The molecule has 0 aliphatic carbocycles. The van der Waals surface area contributed by atoms with Crippen LogP contribution in [0.1, 0.15) is 76.8 Å². The molecular formula is C24H38N2O4. The van der Waals surface area contributed by atoms with Crippen LogP contribution in [-0.2, 0) is 15.9 Å². The zero-order chi connectivity index (χ0) is 34.2. The normalized spacial score (nSPS) is 40.9. The number of carbonyl (C=O) groups excluding carboxylic acids is 1. The number of fused-ring (bicyclic) bond motifs is 3. The highest BCUT2D eigenvalue weighted by molar-refractivity contribution is 5.76. The van der Waals surface area contributed by atoms with Crippen LogP contribution in [0.5, 0.6) is 11.5 Å². The maximum Gasteiger partial charge on any atom is 0.323 e. The molecule has 0 aromatic heterocycles. The first kappa shape index (κ1) is 10.7. The Morgan fingerprint density at radius 1 is 1.43 bits per heavy atom. The Hall–Kier alpha value is -1.79. The van der Waals surface area contributed by atoms with Crippen LogP contribution in [0.2, 0.25) is 0 Å². The Kier molecular flexibility index (Phi) is 3.41. The molecule has 168 valence electrons. The van der Waals surface area contributed by atoms with Gasteiger partial charge in [0.05, 0.1) is 19.6 Å². The first-order valence-electron chi connectivity index (χ1n) is 16.7. The number of aryl methyl sites for hydroxylation is 1. The second kappa shape index (κ2) is 9.56. The molecule has 2 aliphatic heterocycles. The minimum absolute atomic E-state index is 0.204. The topological polar surface area (TPSA) is 74.0 Å². The fraction of sp³-hybridized carbons (Fsp3) is 0.708. The Morgan fingerprint density at radius 2 is 2.20 bits per heavy atom. The maximum absolute atomic E-state index is 13.1. The summed E-state index contributed by atoms with van der Waals surface area (Å²) in [5, 5.41) is 0. The SMILES string of the molecule is [2H]C([2H])([2H])Oc1cc2c(cc1OC)C1([2H])CC(OC(=O)[C@@H](N)C(C)C)C(C([2H])([2H])C([2H])(C)C([2H])([2H])[2H])CN1C([2H])([2H])C2([2H])[2H]. The summed E-state index contributed by atoms with van der Waals surface area (Å²) in [7, 11) is -1.82. The molecule has 3 rings (SSSR count). The number of nitrogens with zero attached hydrogens (tertiary/aromatic N) is 1. The molecular weight excluding hydrogens is 380 g/mol. The first-order chi connectivity index (χ1) is 19.6. The summed E-state index contributed by atoms with van der Waals surface area (Å²) in [6.45, 7) is -3.03. The monoisotopic (exact) mass is 432 g/mol. The molecule has 0 saturated carbocycles. The third-order valence-corrected chi connectivity index (χ3v) is 5.26. The second-order valence-electron chi connectivity index (χ2n) is 7.77. The molecule has 30 heavy (non-hydrogen) atoms. The molecule has 1 fully saturated rings. The first-order valence-corrected chi connectivity index (χ1v) is 9.73. The van der Waals surface area contributed by atoms with E-state index in [9.17, 15) is 6.17 Å². The Bertz CT molecular complexity index is 1270. The van der Waals surface area contributed by atoms with Crippen molar-refractivity contribution in [2.24, 2.45) is 23.5 Å². The summed E-state index contributed by atoms with van der Waals surface area (Å²) in [6, 6.07) is -1.43. The molecule has 2 heterocycles. The fourth-order valence-corrected chi connectivity index (χ4v) is 3.55. The lowest BCUT2D eigenvalue weighted by atomic mass is 9.79. The van der Waals surface area contributed by atoms with Crippen LogP contribution in [0.4, 0.5) is 0 Å². The zero-order valence-electron chi connectivity index (χ0n) is 31.5. The van der Waals surface area contributed by atoms with Gasteiger partial charge in [-0.2, -0.15) is 0 Å². The van der Waals surface area contributed by atoms with Gasteiger partial charge in [0.25, 0.3) is 0 Å². The molecule has 2 aliphatic rings. The van der Waals surface area contributed by atoms with Gasteiger partial charge in [-0.1, -0.05) is 27.6 Å². The molecule has 0 spiro atoms. The Labute approximate surface area is 200 Å². The summed E-state index contributed by atoms with van der Waals surface area (Å²) in [4.78, 5) is 13.8. The van der Waals surface area contributed by atoms with Crippen LogP contribution in [-0.4, -0.2) is 50.2 Å². The number of nitrogens with two attached hydrogens (primary N) is 1. The van der Waals surface area contributed by atoms with Crippen molar-refractivity contribution in [2.45, 2.75) is 65.0 Å². The van der Waals surface area contributed by atoms with E-state index in [1.807, 2.05) is 0 Å². The van der Waals surface area contributed by atoms with Crippen LogP contribution in [0.3, 0.4) is 0 Å². The van der Waals surface area contributed by atoms with Crippen molar-refractivity contribution in [3.05, 3.63) is 23.3 Å². The molecule has 0 radical (unpaired) electrons. The second-order valence-corrected chi connectivity index (χ2v) is 7.77. The quantitative estimate of drug-likeness (QED) is 0.664. The van der Waals surface area contributed by atoms with Crippen molar-refractivity contribution in [3.8, 4) is 11.5 Å². The number of hydrogen-bond acceptors (Lipinski definition) is 6. The highest BCUT2D eigenvalue weighted by Gasteiger charge is 2.41. The smallest absolute Gasteiger partial charge is 0.323 e. The number of methoxy groups -OCH3 is 2. The molecule has 1 aromatic rings. The number of rotatable bonds is 7. The van der Waals surface area contributed by atoms with Crippen molar-refractivity contribution in [2.75, 3.05) is 27.2 Å². The van der Waals surface area contributed by atoms with Gasteiger partial charge in [0.1, 0.15) is 12.1 Å². The van der Waals surface area contributed by atoms with Gasteiger partial charge in [-0.25, -0.2) is 0 Å². The molecule has 6 heteroatoms. The van der Waals surface area contributed by atoms with E-state index in [2.05, 4.69) is 0 Å². The van der Waals surface area contributed by atoms with E-state index >= 15 is 0 Å². The minimum Gasteiger partial charge on any atom is -0.493 e. The van der Waals surface area contributed by atoms with Crippen LogP contribution in [0, 0.1) is 17.7 Å². The number of carbonyl (C=O) groups is 1. The molecule has 2 N–H and O–H groups in total. The summed E-state index contributed by atoms with van der Waals surface area (Å²) >= 11 is 0. The van der Waals surface area contributed by atoms with Crippen molar-refractivity contribution in [3.63, 3.8) is 0 Å². The summed E-state index contributed by atoms with van der Waals surface area (Å²) in [5.74, 6) is -6.64. The van der Waals surface area contributed by atoms with Crippen LogP contribution in [0.15, 0.2) is 12.1 Å². The standard InChI is InChI=1S/C24H38N2O4/c1-14(2)9-17-13-26-8-7-16-10-21(28-5)22(29-6)11-18(16)19(26)12-20(17)30-24(27)23(25)15(3)4/h10-11,14-15,17,19-20,23H,7-9,12-13,25H2,1-6H3/t17?,19?,20?,23-/m0/s1/i1D3,5D3,7D2,8D2,9D2,14D,19D/t14?,17?,19?,20?,23-. The van der Waals surface area contributed by atoms with Crippen molar-refractivity contribution >= 4 is 5.97 Å². The predicted octanol–water partition coefficient (Wildman–Crippen LogP) is 3.56. The Balaban J connectivity index is 2.32. The number of hydrogen-bond donors (Lipinski definition) is 1. The number of esters is 1. The average Bonchev–Trinajstić information content (AvgIpc) is 2.84. The van der Waals surface area contributed by atoms with Crippen molar-refractivity contribution in [1.29, 1.82) is 0 Å². The maximum atomic E-state index is 13.1. The van der Waals surface area contributed by atoms with E-state index in [0.717, 1.165) is 24.0 Å². The lowest BCUT2D eigenvalue weighted by molar-refractivity contribution is -0.160. The van der Waals surface area contributed by atoms with Gasteiger partial charge in [0.2, 0.25) is 0 Å². The van der Waals surface area contributed by atoms with Gasteiger partial charge in [-0.05, 0) is 47.8 Å². The van der Waals surface area contributed by atoms with E-state index < -0.39 is 99.3 Å². The van der Waals surface area contributed by atoms with Gasteiger partial charge in [-0.3, -0.25) is 9.69 Å². The molecule has 4 unspecified atom stereocenters. The van der Waals surface area contributed by atoms with Gasteiger partial charge >= 0.3 is 5.97 Å². The van der Waals surface area contributed by atoms with Gasteiger partial charge in [-0.15, -0.1) is 0 Å². The third kappa shape index (κ3) is 4.75. The number of ether oxygens (including phenoxy) is 3. The number of piperidine rings is 1. The zero-order valence-corrected chi connectivity index (χ0v) is 17.5. The van der Waals surface area contributed by atoms with E-state index in [0.29, 0.717) is 0 Å². The van der Waals surface area contributed by atoms with E-state index in [1.165, 1.54) is 7.11 Å². The van der Waals surface area contributed by atoms with Gasteiger partial charge in [0, 0.05) is 45.1 Å². The van der Waals surface area contributed by atoms with E-state index in [1.54, 1.807) is 13.8 Å². The highest BCUT2D eigenvalue weighted by atomic mass is 16.5. The molecule has 1 saturated heterocycles. The Morgan fingerprint density at radius 3 is 2.87 bits per heavy atom. The van der Waals surface area contributed by atoms with Crippen LogP contribution < -0.4 is 15.2 Å². The van der Waals surface area contributed by atoms with Crippen LogP contribution in [0.25, 0.3) is 0 Å². The largest absolute Gasteiger partial charge is 0.493 e. The van der Waals surface area contributed by atoms with Gasteiger partial charge in [0.15, 0.2) is 11.5 Å². The molecule has 0 amide bonds. The van der Waals surface area contributed by atoms with Crippen molar-refractivity contribution < 1.29 is 38.2 Å². The highest BCUT2D eigenvalue weighted by Crippen LogP contribution is 2.44. The summed E-state index contributed by atoms with van der Waals surface area (Å²) < 4.78 is 133. The molecule has 1 aromatic carbocycles. The van der Waals surface area contributed by atoms with Crippen LogP contribution >= 0.6 is 0 Å². The summed E-state index contributed by atoms with van der Waals surface area (Å²) in [6.07, 6.45) is -8.30. The molecule has 5 atom stereocenters. The lowest BCUT2D eigenvalue weighted by Crippen LogP contribution is -2.51.